The molecule has 0 amide bonds. The van der Waals surface area contributed by atoms with Gasteiger partial charge in [-0.25, -0.2) is 9.48 Å². The van der Waals surface area contributed by atoms with Crippen LogP contribution in [-0.2, 0) is 9.53 Å². The fourth-order valence-corrected chi connectivity index (χ4v) is 2.34. The minimum Gasteiger partial charge on any atom is -0.482 e. The molecule has 0 fully saturated rings. The molecule has 6 heteroatoms. The standard InChI is InChI=1S/C18H16N2O4/c1-12(21)20-10-16(9-19-20)14-3-4-15-8-17(6-5-13(15)7-14)24-11-18(22)23-2/h3-10H,11H2,1-2H3. The number of nitrogens with zero attached hydrogens (tertiary/aromatic N) is 2. The number of methoxy groups -OCH3 is 1. The molecular formula is C18H16N2O4. The molecule has 0 aliphatic carbocycles. The van der Waals surface area contributed by atoms with Gasteiger partial charge in [0.25, 0.3) is 0 Å². The van der Waals surface area contributed by atoms with Gasteiger partial charge < -0.3 is 9.47 Å². The van der Waals surface area contributed by atoms with Crippen LogP contribution >= 0.6 is 0 Å². The molecule has 0 bridgehead atoms. The number of hydrogen-bond acceptors (Lipinski definition) is 5. The lowest BCUT2D eigenvalue weighted by molar-refractivity contribution is -0.142. The number of carbonyl (C=O) groups is 2. The van der Waals surface area contributed by atoms with Crippen molar-refractivity contribution in [1.29, 1.82) is 0 Å². The normalized spacial score (nSPS) is 10.6. The molecule has 0 radical (unpaired) electrons. The molecule has 6 nitrogen and oxygen atoms in total. The molecule has 0 saturated carbocycles. The van der Waals surface area contributed by atoms with Crippen molar-refractivity contribution in [2.75, 3.05) is 13.7 Å². The zero-order chi connectivity index (χ0) is 17.1. The molecule has 2 aromatic carbocycles. The van der Waals surface area contributed by atoms with E-state index in [1.807, 2.05) is 30.3 Å². The molecule has 0 N–H and O–H groups in total. The zero-order valence-electron chi connectivity index (χ0n) is 13.4. The van der Waals surface area contributed by atoms with Gasteiger partial charge >= 0.3 is 5.97 Å². The summed E-state index contributed by atoms with van der Waals surface area (Å²) in [5.41, 5.74) is 1.84. The number of benzene rings is 2. The van der Waals surface area contributed by atoms with E-state index in [1.54, 1.807) is 18.5 Å². The highest BCUT2D eigenvalue weighted by Crippen LogP contribution is 2.27. The van der Waals surface area contributed by atoms with Crippen LogP contribution in [0.25, 0.3) is 21.9 Å². The van der Waals surface area contributed by atoms with Crippen LogP contribution in [0, 0.1) is 0 Å². The Morgan fingerprint density at radius 2 is 1.83 bits per heavy atom. The first-order valence-corrected chi connectivity index (χ1v) is 7.36. The van der Waals surface area contributed by atoms with Gasteiger partial charge in [-0.1, -0.05) is 18.2 Å². The van der Waals surface area contributed by atoms with Crippen molar-refractivity contribution in [3.8, 4) is 16.9 Å². The van der Waals surface area contributed by atoms with Gasteiger partial charge in [0.2, 0.25) is 5.91 Å². The predicted molar refractivity (Wildman–Crippen MR) is 89.0 cm³/mol. The SMILES string of the molecule is COC(=O)COc1ccc2cc(-c3cnn(C(C)=O)c3)ccc2c1. The van der Waals surface area contributed by atoms with Crippen LogP contribution in [0.3, 0.4) is 0 Å². The highest BCUT2D eigenvalue weighted by Gasteiger charge is 2.07. The molecule has 1 aromatic heterocycles. The molecular weight excluding hydrogens is 308 g/mol. The van der Waals surface area contributed by atoms with E-state index in [-0.39, 0.29) is 12.5 Å². The van der Waals surface area contributed by atoms with Gasteiger partial charge in [0.15, 0.2) is 6.61 Å². The molecule has 3 rings (SSSR count). The van der Waals surface area contributed by atoms with Crippen LogP contribution in [0.15, 0.2) is 48.8 Å². The number of hydrogen-bond donors (Lipinski definition) is 0. The summed E-state index contributed by atoms with van der Waals surface area (Å²) in [6.07, 6.45) is 3.37. The van der Waals surface area contributed by atoms with E-state index in [9.17, 15) is 9.59 Å². The number of aromatic nitrogens is 2. The quantitative estimate of drug-likeness (QED) is 0.690. The fourth-order valence-electron chi connectivity index (χ4n) is 2.34. The summed E-state index contributed by atoms with van der Waals surface area (Å²) in [4.78, 5) is 22.4. The molecule has 122 valence electrons. The monoisotopic (exact) mass is 324 g/mol. The topological polar surface area (TPSA) is 70.4 Å². The van der Waals surface area contributed by atoms with E-state index in [2.05, 4.69) is 9.84 Å². The van der Waals surface area contributed by atoms with Gasteiger partial charge in [-0.15, -0.1) is 0 Å². The number of ether oxygens (including phenoxy) is 2. The second-order valence-electron chi connectivity index (χ2n) is 5.28. The average Bonchev–Trinajstić information content (AvgIpc) is 3.09. The molecule has 3 aromatic rings. The number of carbonyl (C=O) groups excluding carboxylic acids is 2. The molecule has 0 aliphatic rings. The number of rotatable bonds is 4. The molecule has 0 saturated heterocycles. The van der Waals surface area contributed by atoms with Crippen LogP contribution in [0.5, 0.6) is 5.75 Å². The van der Waals surface area contributed by atoms with E-state index in [0.29, 0.717) is 5.75 Å². The maximum Gasteiger partial charge on any atom is 0.343 e. The van der Waals surface area contributed by atoms with Crippen molar-refractivity contribution in [3.63, 3.8) is 0 Å². The van der Waals surface area contributed by atoms with E-state index in [4.69, 9.17) is 4.74 Å². The van der Waals surface area contributed by atoms with Crippen molar-refractivity contribution in [2.24, 2.45) is 0 Å². The second kappa shape index (κ2) is 6.54. The number of esters is 1. The lowest BCUT2D eigenvalue weighted by atomic mass is 10.0. The Hall–Kier alpha value is -3.15. The first-order chi connectivity index (χ1) is 11.6. The molecule has 1 heterocycles. The zero-order valence-corrected chi connectivity index (χ0v) is 13.4. The summed E-state index contributed by atoms with van der Waals surface area (Å²) < 4.78 is 11.2. The van der Waals surface area contributed by atoms with Crippen LogP contribution in [0.4, 0.5) is 0 Å². The van der Waals surface area contributed by atoms with Gasteiger partial charge in [0, 0.05) is 18.7 Å². The van der Waals surface area contributed by atoms with Gasteiger partial charge in [-0.3, -0.25) is 4.79 Å². The van der Waals surface area contributed by atoms with E-state index in [0.717, 1.165) is 21.9 Å². The smallest absolute Gasteiger partial charge is 0.343 e. The first-order valence-electron chi connectivity index (χ1n) is 7.36. The van der Waals surface area contributed by atoms with Gasteiger partial charge in [0.1, 0.15) is 5.75 Å². The highest BCUT2D eigenvalue weighted by atomic mass is 16.6. The summed E-state index contributed by atoms with van der Waals surface area (Å²) in [6.45, 7) is 1.34. The third-order valence-corrected chi connectivity index (χ3v) is 3.63. The Balaban J connectivity index is 1.86. The van der Waals surface area contributed by atoms with Gasteiger partial charge in [-0.2, -0.15) is 5.10 Å². The average molecular weight is 324 g/mol. The predicted octanol–water partition coefficient (Wildman–Crippen LogP) is 2.92. The second-order valence-corrected chi connectivity index (χ2v) is 5.28. The first kappa shape index (κ1) is 15.7. The minimum atomic E-state index is -0.423. The highest BCUT2D eigenvalue weighted by molar-refractivity contribution is 5.88. The van der Waals surface area contributed by atoms with Crippen molar-refractivity contribution in [3.05, 3.63) is 48.8 Å². The lowest BCUT2D eigenvalue weighted by Crippen LogP contribution is -2.12. The van der Waals surface area contributed by atoms with Crippen LogP contribution in [0.1, 0.15) is 11.7 Å². The van der Waals surface area contributed by atoms with Gasteiger partial charge in [-0.05, 0) is 34.5 Å². The van der Waals surface area contributed by atoms with E-state index < -0.39 is 5.97 Å². The summed E-state index contributed by atoms with van der Waals surface area (Å²) in [7, 11) is 1.32. The largest absolute Gasteiger partial charge is 0.482 e. The number of fused-ring (bicyclic) bond motifs is 1. The molecule has 0 atom stereocenters. The maximum atomic E-state index is 11.3. The fraction of sp³-hybridized carbons (Fsp3) is 0.167. The Morgan fingerprint density at radius 3 is 2.54 bits per heavy atom. The van der Waals surface area contributed by atoms with Crippen molar-refractivity contribution < 1.29 is 19.1 Å². The molecule has 24 heavy (non-hydrogen) atoms. The lowest BCUT2D eigenvalue weighted by Gasteiger charge is -2.07. The molecule has 0 spiro atoms. The Kier molecular flexibility index (Phi) is 4.29. The Bertz CT molecular complexity index is 914. The maximum absolute atomic E-state index is 11.3. The van der Waals surface area contributed by atoms with Gasteiger partial charge in [0.05, 0.1) is 13.3 Å². The molecule has 0 unspecified atom stereocenters. The van der Waals surface area contributed by atoms with E-state index >= 15 is 0 Å². The summed E-state index contributed by atoms with van der Waals surface area (Å²) in [5, 5.41) is 6.05. The summed E-state index contributed by atoms with van der Waals surface area (Å²) in [5.74, 6) is 0.0485. The van der Waals surface area contributed by atoms with Crippen molar-refractivity contribution in [2.45, 2.75) is 6.92 Å². The van der Waals surface area contributed by atoms with Crippen LogP contribution in [-0.4, -0.2) is 35.4 Å². The van der Waals surface area contributed by atoms with Crippen LogP contribution < -0.4 is 4.74 Å². The summed E-state index contributed by atoms with van der Waals surface area (Å²) >= 11 is 0. The van der Waals surface area contributed by atoms with Crippen molar-refractivity contribution in [1.82, 2.24) is 9.78 Å². The third-order valence-electron chi connectivity index (χ3n) is 3.63. The van der Waals surface area contributed by atoms with E-state index in [1.165, 1.54) is 18.7 Å². The minimum absolute atomic E-state index is 0.121. The Labute approximate surface area is 138 Å². The Morgan fingerprint density at radius 1 is 1.08 bits per heavy atom. The van der Waals surface area contributed by atoms with Crippen LogP contribution in [0.2, 0.25) is 0 Å². The van der Waals surface area contributed by atoms with Crippen molar-refractivity contribution >= 4 is 22.6 Å². The molecule has 0 aliphatic heterocycles. The summed E-state index contributed by atoms with van der Waals surface area (Å²) in [6, 6.07) is 11.5. The third kappa shape index (κ3) is 3.27.